The number of ketones is 1. The summed E-state index contributed by atoms with van der Waals surface area (Å²) >= 11 is 1.83. The maximum Gasteiger partial charge on any atom is 0.164 e. The summed E-state index contributed by atoms with van der Waals surface area (Å²) in [7, 11) is 0. The van der Waals surface area contributed by atoms with Crippen molar-refractivity contribution in [2.24, 2.45) is 16.7 Å². The van der Waals surface area contributed by atoms with Crippen molar-refractivity contribution in [1.29, 1.82) is 0 Å². The number of benzene rings is 3. The molecular weight excluding hydrogens is 849 g/mol. The molecule has 1 aliphatic rings. The molecule has 0 aliphatic heterocycles. The standard InChI is InChI=1S/C32H31N2S.C15H28O2.Ir/c1-19(2)14-20-10-11-21-12-13-25-28-29(33-18-34-31(28)35-30(25)26(21)15-20)23-16-22-8-6-7-9-24(22)27(17-23)32(3,4)5;1-7-14(5,8-2)12(16)11-13(17)15(6,9-3)10-4;/h6-11,15,17-19H,12-14H2,1-5H3;11,16H,7-10H2,1-6H3;/q-1;;/b;12-11-;. The second-order valence-electron chi connectivity index (χ2n) is 16.7. The van der Waals surface area contributed by atoms with Crippen LogP contribution < -0.4 is 0 Å². The number of carbonyl (C=O) groups excluding carboxylic acids is 1. The average molecular weight is 908 g/mol. The molecule has 1 radical (unpaired) electrons. The first-order valence-electron chi connectivity index (χ1n) is 19.4. The molecule has 0 saturated heterocycles. The number of hydrogen-bond acceptors (Lipinski definition) is 5. The summed E-state index contributed by atoms with van der Waals surface area (Å²) in [6, 6.07) is 21.7. The fraction of sp³-hybridized carbons (Fsp3) is 0.468. The number of aliphatic hydroxyl groups is 1. The van der Waals surface area contributed by atoms with Gasteiger partial charge in [0.1, 0.15) is 16.9 Å². The monoisotopic (exact) mass is 908 g/mol. The van der Waals surface area contributed by atoms with Crippen molar-refractivity contribution in [3.05, 3.63) is 95.0 Å². The van der Waals surface area contributed by atoms with Crippen LogP contribution in [0.3, 0.4) is 0 Å². The van der Waals surface area contributed by atoms with Gasteiger partial charge in [-0.05, 0) is 78.5 Å². The summed E-state index contributed by atoms with van der Waals surface area (Å²) < 4.78 is 0. The number of hydrogen-bond donors (Lipinski definition) is 1. The summed E-state index contributed by atoms with van der Waals surface area (Å²) in [5.41, 5.74) is 8.54. The molecule has 1 N–H and O–H groups in total. The first-order valence-corrected chi connectivity index (χ1v) is 20.2. The van der Waals surface area contributed by atoms with Crippen LogP contribution in [0.25, 0.3) is 42.7 Å². The van der Waals surface area contributed by atoms with E-state index in [4.69, 9.17) is 9.97 Å². The number of rotatable bonds is 10. The van der Waals surface area contributed by atoms with E-state index in [0.717, 1.165) is 66.4 Å². The number of aryl methyl sites for hydroxylation is 2. The van der Waals surface area contributed by atoms with Crippen LogP contribution in [0.1, 0.15) is 124 Å². The fourth-order valence-corrected chi connectivity index (χ4v) is 8.47. The maximum absolute atomic E-state index is 12.2. The van der Waals surface area contributed by atoms with Crippen LogP contribution in [0, 0.1) is 22.8 Å². The topological polar surface area (TPSA) is 63.1 Å². The zero-order valence-corrected chi connectivity index (χ0v) is 37.0. The Balaban J connectivity index is 0.000000299. The normalized spacial score (nSPS) is 13.3. The minimum atomic E-state index is -0.337. The van der Waals surface area contributed by atoms with E-state index < -0.39 is 0 Å². The van der Waals surface area contributed by atoms with E-state index in [1.807, 2.05) is 52.9 Å². The summed E-state index contributed by atoms with van der Waals surface area (Å²) in [6.45, 7) is 23.5. The molecule has 0 bridgehead atoms. The second kappa shape index (κ2) is 17.1. The fourth-order valence-electron chi connectivity index (χ4n) is 7.22. The van der Waals surface area contributed by atoms with Crippen molar-refractivity contribution in [1.82, 2.24) is 9.97 Å². The van der Waals surface area contributed by atoms with Crippen LogP contribution in [0.4, 0.5) is 0 Å². The summed E-state index contributed by atoms with van der Waals surface area (Å²) in [6.07, 6.45) is 9.70. The largest absolute Gasteiger partial charge is 0.512 e. The third kappa shape index (κ3) is 8.87. The molecule has 2 heterocycles. The van der Waals surface area contributed by atoms with E-state index in [1.54, 1.807) is 6.33 Å². The maximum atomic E-state index is 12.2. The van der Waals surface area contributed by atoms with Gasteiger partial charge >= 0.3 is 0 Å². The third-order valence-corrected chi connectivity index (χ3v) is 12.9. The van der Waals surface area contributed by atoms with Crippen LogP contribution >= 0.6 is 11.3 Å². The van der Waals surface area contributed by atoms with Crippen LogP contribution in [0.5, 0.6) is 0 Å². The predicted octanol–water partition coefficient (Wildman–Crippen LogP) is 13.2. The molecule has 5 aromatic rings. The SMILES string of the molecule is CC(C)Cc1ccc2c(c1)-c1sc3ncnc(-c4[c-]c5ccccc5c(C(C)(C)C)c4)c3c1CC2.CCC(C)(CC)C(=O)/C=C(\O)C(C)(CC)CC.[Ir]. The smallest absolute Gasteiger partial charge is 0.164 e. The summed E-state index contributed by atoms with van der Waals surface area (Å²) in [5, 5.41) is 13.8. The van der Waals surface area contributed by atoms with Crippen LogP contribution in [-0.2, 0) is 49.6 Å². The first kappa shape index (κ1) is 42.6. The molecule has 285 valence electrons. The number of allylic oxidation sites excluding steroid dienone is 2. The molecule has 0 atom stereocenters. The second-order valence-corrected chi connectivity index (χ2v) is 17.7. The number of nitrogens with zero attached hydrogens (tertiary/aromatic N) is 2. The molecule has 0 spiro atoms. The van der Waals surface area contributed by atoms with Gasteiger partial charge in [0.25, 0.3) is 0 Å². The van der Waals surface area contributed by atoms with Gasteiger partial charge in [-0.15, -0.1) is 40.5 Å². The van der Waals surface area contributed by atoms with Crippen molar-refractivity contribution in [3.8, 4) is 21.7 Å². The third-order valence-electron chi connectivity index (χ3n) is 11.7. The van der Waals surface area contributed by atoms with Gasteiger partial charge < -0.3 is 5.11 Å². The molecule has 0 unspecified atom stereocenters. The summed E-state index contributed by atoms with van der Waals surface area (Å²) in [5.74, 6) is 0.935. The number of fused-ring (bicyclic) bond motifs is 6. The zero-order valence-electron chi connectivity index (χ0n) is 33.8. The number of aliphatic hydroxyl groups excluding tert-OH is 1. The van der Waals surface area contributed by atoms with E-state index >= 15 is 0 Å². The Kier molecular flexibility index (Phi) is 13.7. The van der Waals surface area contributed by atoms with Crippen molar-refractivity contribution in [3.63, 3.8) is 0 Å². The molecule has 0 fully saturated rings. The Morgan fingerprint density at radius 3 is 2.19 bits per heavy atom. The predicted molar refractivity (Wildman–Crippen MR) is 222 cm³/mol. The van der Waals surface area contributed by atoms with Gasteiger partial charge in [0.05, 0.1) is 0 Å². The Morgan fingerprint density at radius 2 is 1.57 bits per heavy atom. The van der Waals surface area contributed by atoms with Gasteiger partial charge in [-0.3, -0.25) is 9.78 Å². The molecule has 6 rings (SSSR count). The molecule has 53 heavy (non-hydrogen) atoms. The minimum Gasteiger partial charge on any atom is -0.512 e. The molecule has 3 aromatic carbocycles. The van der Waals surface area contributed by atoms with Gasteiger partial charge in [-0.2, -0.15) is 0 Å². The first-order chi connectivity index (χ1) is 24.6. The Morgan fingerprint density at radius 1 is 0.906 bits per heavy atom. The molecule has 1 aliphatic carbocycles. The van der Waals surface area contributed by atoms with E-state index in [9.17, 15) is 9.90 Å². The number of carbonyl (C=O) groups is 1. The van der Waals surface area contributed by atoms with Crippen molar-refractivity contribution < 1.29 is 30.0 Å². The molecule has 2 aromatic heterocycles. The van der Waals surface area contributed by atoms with Gasteiger partial charge in [-0.1, -0.05) is 124 Å². The van der Waals surface area contributed by atoms with Gasteiger partial charge in [0.2, 0.25) is 0 Å². The number of thiophene rings is 1. The van der Waals surface area contributed by atoms with Crippen LogP contribution in [-0.4, -0.2) is 20.9 Å². The molecule has 0 amide bonds. The van der Waals surface area contributed by atoms with E-state index in [-0.39, 0.29) is 47.9 Å². The Labute approximate surface area is 336 Å². The number of aromatic nitrogens is 2. The van der Waals surface area contributed by atoms with Gasteiger partial charge in [-0.25, -0.2) is 4.98 Å². The minimum absolute atomic E-state index is 0. The molecule has 0 saturated carbocycles. The Bertz CT molecular complexity index is 2090. The van der Waals surface area contributed by atoms with Crippen molar-refractivity contribution >= 4 is 38.1 Å². The molecule has 4 nitrogen and oxygen atoms in total. The van der Waals surface area contributed by atoms with Gasteiger partial charge in [0.15, 0.2) is 5.78 Å². The van der Waals surface area contributed by atoms with Gasteiger partial charge in [0, 0.05) is 53.0 Å². The van der Waals surface area contributed by atoms with E-state index in [1.165, 1.54) is 49.5 Å². The summed E-state index contributed by atoms with van der Waals surface area (Å²) in [4.78, 5) is 24.3. The van der Waals surface area contributed by atoms with Crippen LogP contribution in [0.15, 0.2) is 66.7 Å². The van der Waals surface area contributed by atoms with E-state index in [2.05, 4.69) is 89.2 Å². The molecular formula is C47H59IrN2O2S-. The van der Waals surface area contributed by atoms with Crippen molar-refractivity contribution in [2.45, 2.75) is 127 Å². The Hall–Kier alpha value is -3.18. The van der Waals surface area contributed by atoms with Crippen molar-refractivity contribution in [2.75, 3.05) is 0 Å². The molecule has 6 heteroatoms. The van der Waals surface area contributed by atoms with Crippen LogP contribution in [0.2, 0.25) is 0 Å². The van der Waals surface area contributed by atoms with E-state index in [0.29, 0.717) is 5.92 Å². The quantitative estimate of drug-likeness (QED) is 0.0861. The zero-order chi connectivity index (χ0) is 38.0. The average Bonchev–Trinajstić information content (AvgIpc) is 3.53.